The normalized spacial score (nSPS) is 13.1. The predicted octanol–water partition coefficient (Wildman–Crippen LogP) is 2.49. The summed E-state index contributed by atoms with van der Waals surface area (Å²) in [5.41, 5.74) is 1.56. The van der Waals surface area contributed by atoms with E-state index in [4.69, 9.17) is 0 Å². The first-order chi connectivity index (χ1) is 9.45. The third kappa shape index (κ3) is 2.54. The van der Waals surface area contributed by atoms with Gasteiger partial charge in [0.15, 0.2) is 0 Å². The van der Waals surface area contributed by atoms with Crippen LogP contribution in [0.25, 0.3) is 11.0 Å². The molecule has 0 aliphatic rings. The van der Waals surface area contributed by atoms with E-state index < -0.39 is 5.97 Å². The molecule has 0 amide bonds. The van der Waals surface area contributed by atoms with E-state index in [1.807, 2.05) is 31.4 Å². The van der Waals surface area contributed by atoms with Gasteiger partial charge in [-0.25, -0.2) is 9.78 Å². The van der Waals surface area contributed by atoms with Crippen molar-refractivity contribution in [3.05, 3.63) is 29.6 Å². The van der Waals surface area contributed by atoms with Crippen LogP contribution in [-0.2, 0) is 6.54 Å². The van der Waals surface area contributed by atoms with Crippen LogP contribution < -0.4 is 0 Å². The van der Waals surface area contributed by atoms with E-state index in [2.05, 4.69) is 4.98 Å². The number of carbonyl (C=O) groups is 1. The Bertz CT molecular complexity index is 631. The first-order valence-corrected chi connectivity index (χ1v) is 6.79. The summed E-state index contributed by atoms with van der Waals surface area (Å²) >= 11 is 0. The summed E-state index contributed by atoms with van der Waals surface area (Å²) in [7, 11) is 0. The molecule has 1 atom stereocenters. The topological polar surface area (TPSA) is 75.3 Å². The molecule has 108 valence electrons. The quantitative estimate of drug-likeness (QED) is 0.879. The Kier molecular flexibility index (Phi) is 4.09. The number of benzene rings is 1. The zero-order valence-corrected chi connectivity index (χ0v) is 12.0. The number of rotatable bonds is 5. The van der Waals surface area contributed by atoms with Crippen molar-refractivity contribution in [3.63, 3.8) is 0 Å². The smallest absolute Gasteiger partial charge is 0.337 e. The van der Waals surface area contributed by atoms with Crippen molar-refractivity contribution in [1.82, 2.24) is 9.55 Å². The molecule has 1 aromatic heterocycles. The molecule has 0 bridgehead atoms. The SMILES string of the molecule is CC(CO)Cn1c(C(C)C)nc2c(C(=O)O)cccc21. The van der Waals surface area contributed by atoms with E-state index in [-0.39, 0.29) is 24.0 Å². The van der Waals surface area contributed by atoms with E-state index in [1.54, 1.807) is 12.1 Å². The van der Waals surface area contributed by atoms with Crippen LogP contribution in [0.2, 0.25) is 0 Å². The minimum Gasteiger partial charge on any atom is -0.478 e. The number of nitrogens with zero attached hydrogens (tertiary/aromatic N) is 2. The van der Waals surface area contributed by atoms with Crippen molar-refractivity contribution in [2.45, 2.75) is 33.2 Å². The second-order valence-electron chi connectivity index (χ2n) is 5.50. The first-order valence-electron chi connectivity index (χ1n) is 6.79. The van der Waals surface area contributed by atoms with Crippen LogP contribution >= 0.6 is 0 Å². The van der Waals surface area contributed by atoms with Gasteiger partial charge in [0.05, 0.1) is 11.1 Å². The van der Waals surface area contributed by atoms with Gasteiger partial charge in [0.1, 0.15) is 11.3 Å². The second-order valence-corrected chi connectivity index (χ2v) is 5.50. The fraction of sp³-hybridized carbons (Fsp3) is 0.467. The fourth-order valence-electron chi connectivity index (χ4n) is 2.34. The van der Waals surface area contributed by atoms with Gasteiger partial charge in [-0.05, 0) is 18.1 Å². The van der Waals surface area contributed by atoms with Gasteiger partial charge in [-0.1, -0.05) is 26.8 Å². The van der Waals surface area contributed by atoms with E-state index in [1.165, 1.54) is 0 Å². The lowest BCUT2D eigenvalue weighted by Crippen LogP contribution is -2.14. The zero-order chi connectivity index (χ0) is 14.9. The fourth-order valence-corrected chi connectivity index (χ4v) is 2.34. The van der Waals surface area contributed by atoms with Crippen LogP contribution in [0, 0.1) is 5.92 Å². The molecular weight excluding hydrogens is 256 g/mol. The van der Waals surface area contributed by atoms with Crippen LogP contribution in [-0.4, -0.2) is 32.3 Å². The minimum atomic E-state index is -0.967. The molecule has 0 spiro atoms. The monoisotopic (exact) mass is 276 g/mol. The van der Waals surface area contributed by atoms with Crippen molar-refractivity contribution in [3.8, 4) is 0 Å². The lowest BCUT2D eigenvalue weighted by atomic mass is 10.1. The lowest BCUT2D eigenvalue weighted by molar-refractivity contribution is 0.0699. The standard InChI is InChI=1S/C15H20N2O3/c1-9(2)14-16-13-11(15(19)20)5-4-6-12(13)17(14)7-10(3)8-18/h4-6,9-10,18H,7-8H2,1-3H3,(H,19,20). The Morgan fingerprint density at radius 1 is 1.35 bits per heavy atom. The minimum absolute atomic E-state index is 0.0931. The number of carboxylic acid groups (broad SMARTS) is 1. The van der Waals surface area contributed by atoms with Gasteiger partial charge in [0, 0.05) is 19.1 Å². The summed E-state index contributed by atoms with van der Waals surface area (Å²) < 4.78 is 2.02. The molecule has 5 nitrogen and oxygen atoms in total. The summed E-state index contributed by atoms with van der Waals surface area (Å²) in [6.45, 7) is 6.74. The van der Waals surface area contributed by atoms with Crippen molar-refractivity contribution < 1.29 is 15.0 Å². The van der Waals surface area contributed by atoms with Crippen molar-refractivity contribution in [2.24, 2.45) is 5.92 Å². The molecule has 0 radical (unpaired) electrons. The van der Waals surface area contributed by atoms with E-state index in [0.29, 0.717) is 12.1 Å². The summed E-state index contributed by atoms with van der Waals surface area (Å²) in [6.07, 6.45) is 0. The van der Waals surface area contributed by atoms with Gasteiger partial charge in [0.25, 0.3) is 0 Å². The molecular formula is C15H20N2O3. The Labute approximate surface area is 117 Å². The molecule has 2 aromatic rings. The van der Waals surface area contributed by atoms with Crippen LogP contribution in [0.3, 0.4) is 0 Å². The van der Waals surface area contributed by atoms with Gasteiger partial charge >= 0.3 is 5.97 Å². The number of carboxylic acids is 1. The molecule has 1 aromatic carbocycles. The maximum Gasteiger partial charge on any atom is 0.337 e. The van der Waals surface area contributed by atoms with Gasteiger partial charge in [-0.15, -0.1) is 0 Å². The van der Waals surface area contributed by atoms with Crippen molar-refractivity contribution >= 4 is 17.0 Å². The third-order valence-electron chi connectivity index (χ3n) is 3.36. The highest BCUT2D eigenvalue weighted by Crippen LogP contribution is 2.25. The number of hydrogen-bond donors (Lipinski definition) is 2. The summed E-state index contributed by atoms with van der Waals surface area (Å²) in [4.78, 5) is 15.8. The Morgan fingerprint density at radius 3 is 2.60 bits per heavy atom. The highest BCUT2D eigenvalue weighted by Gasteiger charge is 2.19. The molecule has 0 aliphatic carbocycles. The van der Waals surface area contributed by atoms with Crippen LogP contribution in [0.4, 0.5) is 0 Å². The predicted molar refractivity (Wildman–Crippen MR) is 77.0 cm³/mol. The number of aliphatic hydroxyl groups is 1. The van der Waals surface area contributed by atoms with Gasteiger partial charge in [0.2, 0.25) is 0 Å². The van der Waals surface area contributed by atoms with Crippen molar-refractivity contribution in [2.75, 3.05) is 6.61 Å². The van der Waals surface area contributed by atoms with Crippen molar-refractivity contribution in [1.29, 1.82) is 0 Å². The second kappa shape index (κ2) is 5.63. The number of aromatic nitrogens is 2. The number of aliphatic hydroxyl groups excluding tert-OH is 1. The molecule has 0 saturated heterocycles. The number of fused-ring (bicyclic) bond motifs is 1. The number of hydrogen-bond acceptors (Lipinski definition) is 3. The number of aromatic carboxylic acids is 1. The van der Waals surface area contributed by atoms with Gasteiger partial charge in [-0.2, -0.15) is 0 Å². The summed E-state index contributed by atoms with van der Waals surface area (Å²) in [5.74, 6) is 0.174. The lowest BCUT2D eigenvalue weighted by Gasteiger charge is -2.15. The van der Waals surface area contributed by atoms with Crippen LogP contribution in [0.5, 0.6) is 0 Å². The summed E-state index contributed by atoms with van der Waals surface area (Å²) in [6, 6.07) is 5.18. The molecule has 2 N–H and O–H groups in total. The molecule has 5 heteroatoms. The maximum atomic E-state index is 11.3. The summed E-state index contributed by atoms with van der Waals surface area (Å²) in [5, 5.41) is 18.5. The van der Waals surface area contributed by atoms with Crippen LogP contribution in [0.1, 0.15) is 42.9 Å². The number of para-hydroxylation sites is 1. The largest absolute Gasteiger partial charge is 0.478 e. The molecule has 0 saturated carbocycles. The van der Waals surface area contributed by atoms with Crippen LogP contribution in [0.15, 0.2) is 18.2 Å². The molecule has 1 unspecified atom stereocenters. The first kappa shape index (κ1) is 14.5. The Morgan fingerprint density at radius 2 is 2.05 bits per heavy atom. The van der Waals surface area contributed by atoms with E-state index >= 15 is 0 Å². The highest BCUT2D eigenvalue weighted by atomic mass is 16.4. The van der Waals surface area contributed by atoms with Gasteiger partial charge < -0.3 is 14.8 Å². The average Bonchev–Trinajstić information content (AvgIpc) is 2.77. The van der Waals surface area contributed by atoms with Gasteiger partial charge in [-0.3, -0.25) is 0 Å². The third-order valence-corrected chi connectivity index (χ3v) is 3.36. The highest BCUT2D eigenvalue weighted by molar-refractivity contribution is 6.01. The Hall–Kier alpha value is -1.88. The zero-order valence-electron chi connectivity index (χ0n) is 12.0. The maximum absolute atomic E-state index is 11.3. The number of imidazole rings is 1. The Balaban J connectivity index is 2.67. The molecule has 20 heavy (non-hydrogen) atoms. The van der Waals surface area contributed by atoms with E-state index in [9.17, 15) is 15.0 Å². The molecule has 1 heterocycles. The van der Waals surface area contributed by atoms with E-state index in [0.717, 1.165) is 11.3 Å². The average molecular weight is 276 g/mol. The molecule has 2 rings (SSSR count). The molecule has 0 fully saturated rings. The molecule has 0 aliphatic heterocycles.